The molecule has 0 bridgehead atoms. The Bertz CT molecular complexity index is 675. The summed E-state index contributed by atoms with van der Waals surface area (Å²) in [6.45, 7) is 0.770. The maximum Gasteiger partial charge on any atom is 0.305 e. The van der Waals surface area contributed by atoms with Gasteiger partial charge in [-0.05, 0) is 0 Å². The highest BCUT2D eigenvalue weighted by molar-refractivity contribution is 5.69. The van der Waals surface area contributed by atoms with Crippen LogP contribution >= 0.6 is 0 Å². The van der Waals surface area contributed by atoms with Crippen molar-refractivity contribution in [2.45, 2.75) is 87.8 Å². The van der Waals surface area contributed by atoms with Crippen LogP contribution in [0.3, 0.4) is 0 Å². The molecule has 0 saturated carbocycles. The van der Waals surface area contributed by atoms with E-state index in [1.54, 1.807) is 6.92 Å². The van der Waals surface area contributed by atoms with E-state index in [2.05, 4.69) is 0 Å². The van der Waals surface area contributed by atoms with Gasteiger partial charge < -0.3 is 64.2 Å². The van der Waals surface area contributed by atoms with Gasteiger partial charge in [0.05, 0.1) is 19.8 Å². The van der Waals surface area contributed by atoms with Gasteiger partial charge in [-0.2, -0.15) is 0 Å². The Balaban J connectivity index is 1.99. The van der Waals surface area contributed by atoms with E-state index in [9.17, 15) is 45.3 Å². The third kappa shape index (κ3) is 7.99. The van der Waals surface area contributed by atoms with Gasteiger partial charge in [-0.15, -0.1) is 0 Å². The molecule has 2 saturated heterocycles. The lowest BCUT2D eigenvalue weighted by Crippen LogP contribution is -2.61. The molecule has 0 amide bonds. The molecule has 35 heavy (non-hydrogen) atoms. The lowest BCUT2D eigenvalue weighted by molar-refractivity contribution is -0.332. The molecule has 0 aromatic rings. The summed E-state index contributed by atoms with van der Waals surface area (Å²) in [5.74, 6) is -1.22. The molecule has 11 atom stereocenters. The van der Waals surface area contributed by atoms with Gasteiger partial charge in [-0.1, -0.05) is 6.92 Å². The highest BCUT2D eigenvalue weighted by Gasteiger charge is 2.47. The van der Waals surface area contributed by atoms with Crippen molar-refractivity contribution in [3.63, 3.8) is 0 Å². The van der Waals surface area contributed by atoms with Crippen LogP contribution in [0.4, 0.5) is 0 Å². The van der Waals surface area contributed by atoms with Gasteiger partial charge in [0.15, 0.2) is 18.7 Å². The first-order valence-corrected chi connectivity index (χ1v) is 11.1. The quantitative estimate of drug-likeness (QED) is 0.129. The largest absolute Gasteiger partial charge is 0.462 e. The average molecular weight is 514 g/mol. The Labute approximate surface area is 200 Å². The van der Waals surface area contributed by atoms with Gasteiger partial charge in [0, 0.05) is 13.3 Å². The minimum Gasteiger partial charge on any atom is -0.462 e. The van der Waals surface area contributed by atoms with E-state index in [0.717, 1.165) is 6.92 Å². The summed E-state index contributed by atoms with van der Waals surface area (Å²) in [5, 5.41) is 69.7. The predicted octanol–water partition coefficient (Wildman–Crippen LogP) is -4.49. The fraction of sp³-hybridized carbons (Fsp3) is 0.900. The molecule has 2 aliphatic heterocycles. The zero-order chi connectivity index (χ0) is 26.3. The second-order valence-corrected chi connectivity index (χ2v) is 8.15. The van der Waals surface area contributed by atoms with E-state index in [0.29, 0.717) is 0 Å². The third-order valence-electron chi connectivity index (χ3n) is 5.45. The molecule has 0 aliphatic carbocycles. The van der Waals surface area contributed by atoms with Gasteiger partial charge in [0.2, 0.25) is 0 Å². The van der Waals surface area contributed by atoms with Crippen molar-refractivity contribution in [1.29, 1.82) is 0 Å². The third-order valence-corrected chi connectivity index (χ3v) is 5.45. The zero-order valence-corrected chi connectivity index (χ0v) is 19.3. The SMILES string of the molecule is CCC(=O)OC(COC(C)=O)COC1OC(COC2OC(CO)C(O)C(O)C2O)C(O)C(O)C1O. The fourth-order valence-corrected chi connectivity index (χ4v) is 3.38. The molecule has 2 aliphatic rings. The van der Waals surface area contributed by atoms with Crippen LogP contribution in [0.5, 0.6) is 0 Å². The molecule has 0 radical (unpaired) electrons. The first kappa shape index (κ1) is 29.7. The smallest absolute Gasteiger partial charge is 0.305 e. The number of carbonyl (C=O) groups excluding carboxylic acids is 2. The van der Waals surface area contributed by atoms with Crippen molar-refractivity contribution in [2.24, 2.45) is 0 Å². The number of carbonyl (C=O) groups is 2. The molecule has 0 aromatic carbocycles. The number of aliphatic hydroxyl groups is 7. The molecule has 2 rings (SSSR count). The first-order valence-electron chi connectivity index (χ1n) is 11.1. The maximum atomic E-state index is 11.6. The molecule has 15 heteroatoms. The van der Waals surface area contributed by atoms with Crippen LogP contribution in [0.25, 0.3) is 0 Å². The first-order chi connectivity index (χ1) is 16.5. The minimum atomic E-state index is -1.75. The van der Waals surface area contributed by atoms with Crippen LogP contribution in [0.1, 0.15) is 20.3 Å². The number of esters is 2. The fourth-order valence-electron chi connectivity index (χ4n) is 3.38. The Morgan fingerprint density at radius 1 is 0.800 bits per heavy atom. The lowest BCUT2D eigenvalue weighted by Gasteiger charge is -2.42. The van der Waals surface area contributed by atoms with Crippen molar-refractivity contribution < 1.29 is 73.8 Å². The van der Waals surface area contributed by atoms with Crippen LogP contribution in [-0.4, -0.2) is 142 Å². The highest BCUT2D eigenvalue weighted by Crippen LogP contribution is 2.26. The van der Waals surface area contributed by atoms with E-state index in [-0.39, 0.29) is 13.0 Å². The predicted molar refractivity (Wildman–Crippen MR) is 109 cm³/mol. The lowest BCUT2D eigenvalue weighted by atomic mass is 9.98. The molecule has 2 heterocycles. The second-order valence-electron chi connectivity index (χ2n) is 8.15. The number of rotatable bonds is 11. The standard InChI is InChI=1S/C20H34O15/c1-3-12(23)33-9(5-30-8(2)22)6-31-19-18(29)16(27)14(25)11(35-19)7-32-20-17(28)15(26)13(24)10(4-21)34-20/h9-11,13-21,24-29H,3-7H2,1-2H3. The maximum absolute atomic E-state index is 11.6. The number of aliphatic hydroxyl groups excluding tert-OH is 7. The van der Waals surface area contributed by atoms with Crippen molar-refractivity contribution in [3.05, 3.63) is 0 Å². The van der Waals surface area contributed by atoms with E-state index in [4.69, 9.17) is 28.4 Å². The minimum absolute atomic E-state index is 0.0431. The van der Waals surface area contributed by atoms with Crippen LogP contribution in [0.2, 0.25) is 0 Å². The Hall–Kier alpha value is -1.50. The van der Waals surface area contributed by atoms with E-state index >= 15 is 0 Å². The summed E-state index contributed by atoms with van der Waals surface area (Å²) in [4.78, 5) is 22.7. The normalized spacial score (nSPS) is 38.5. The Morgan fingerprint density at radius 3 is 1.89 bits per heavy atom. The number of hydrogen-bond donors (Lipinski definition) is 7. The van der Waals surface area contributed by atoms with Gasteiger partial charge in [-0.25, -0.2) is 0 Å². The van der Waals surface area contributed by atoms with Crippen molar-refractivity contribution >= 4 is 11.9 Å². The van der Waals surface area contributed by atoms with E-state index in [1.807, 2.05) is 0 Å². The molecule has 2 fully saturated rings. The van der Waals surface area contributed by atoms with Crippen LogP contribution in [-0.2, 0) is 38.0 Å². The topological polar surface area (TPSA) is 231 Å². The van der Waals surface area contributed by atoms with Crippen molar-refractivity contribution in [3.8, 4) is 0 Å². The molecule has 204 valence electrons. The van der Waals surface area contributed by atoms with Gasteiger partial charge >= 0.3 is 11.9 Å². The molecule has 11 unspecified atom stereocenters. The highest BCUT2D eigenvalue weighted by atomic mass is 16.7. The monoisotopic (exact) mass is 514 g/mol. The van der Waals surface area contributed by atoms with Gasteiger partial charge in [0.1, 0.15) is 55.4 Å². The summed E-state index contributed by atoms with van der Waals surface area (Å²) in [5.41, 5.74) is 0. The molecule has 15 nitrogen and oxygen atoms in total. The number of hydrogen-bond acceptors (Lipinski definition) is 15. The van der Waals surface area contributed by atoms with Gasteiger partial charge in [0.25, 0.3) is 0 Å². The van der Waals surface area contributed by atoms with Crippen molar-refractivity contribution in [1.82, 2.24) is 0 Å². The van der Waals surface area contributed by atoms with E-state index < -0.39 is 99.3 Å². The van der Waals surface area contributed by atoms with Crippen LogP contribution < -0.4 is 0 Å². The molecular weight excluding hydrogens is 480 g/mol. The molecule has 7 N–H and O–H groups in total. The number of ether oxygens (including phenoxy) is 6. The Kier molecular flexibility index (Phi) is 11.6. The summed E-state index contributed by atoms with van der Waals surface area (Å²) in [7, 11) is 0. The van der Waals surface area contributed by atoms with Gasteiger partial charge in [-0.3, -0.25) is 9.59 Å². The Morgan fingerprint density at radius 2 is 1.34 bits per heavy atom. The summed E-state index contributed by atoms with van der Waals surface area (Å²) < 4.78 is 31.3. The van der Waals surface area contributed by atoms with Crippen LogP contribution in [0.15, 0.2) is 0 Å². The summed E-state index contributed by atoms with van der Waals surface area (Å²) in [6, 6.07) is 0. The summed E-state index contributed by atoms with van der Waals surface area (Å²) in [6.07, 6.45) is -16.7. The molecule has 0 aromatic heterocycles. The van der Waals surface area contributed by atoms with Crippen molar-refractivity contribution in [2.75, 3.05) is 26.4 Å². The second kappa shape index (κ2) is 13.7. The van der Waals surface area contributed by atoms with E-state index in [1.165, 1.54) is 0 Å². The average Bonchev–Trinajstić information content (AvgIpc) is 2.83. The molecule has 0 spiro atoms. The zero-order valence-electron chi connectivity index (χ0n) is 19.3. The molecular formula is C20H34O15. The van der Waals surface area contributed by atoms with Crippen LogP contribution in [0, 0.1) is 0 Å². The summed E-state index contributed by atoms with van der Waals surface area (Å²) >= 11 is 0.